The first-order valence-electron chi connectivity index (χ1n) is 7.84. The number of carbonyl (C=O) groups excluding carboxylic acids is 2. The van der Waals surface area contributed by atoms with Crippen molar-refractivity contribution in [1.29, 1.82) is 0 Å². The number of carbonyl (C=O) groups is 2. The fraction of sp³-hybridized carbons (Fsp3) is 0.263. The molecule has 0 atom stereocenters. The lowest BCUT2D eigenvalue weighted by Crippen LogP contribution is -2.32. The highest BCUT2D eigenvalue weighted by Crippen LogP contribution is 2.11. The number of methoxy groups -OCH3 is 1. The zero-order chi connectivity index (χ0) is 17.4. The van der Waals surface area contributed by atoms with E-state index in [4.69, 9.17) is 0 Å². The number of esters is 1. The molecule has 0 fully saturated rings. The summed E-state index contributed by atoms with van der Waals surface area (Å²) in [4.78, 5) is 25.2. The number of hydrogen-bond acceptors (Lipinski definition) is 3. The van der Waals surface area contributed by atoms with Crippen molar-refractivity contribution in [2.75, 3.05) is 26.0 Å². The van der Waals surface area contributed by atoms with Crippen molar-refractivity contribution in [2.45, 2.75) is 12.8 Å². The normalized spacial score (nSPS) is 10.1. The van der Waals surface area contributed by atoms with Crippen molar-refractivity contribution in [3.05, 3.63) is 65.7 Å². The van der Waals surface area contributed by atoms with Crippen LogP contribution in [0.25, 0.3) is 0 Å². The van der Waals surface area contributed by atoms with Crippen LogP contribution in [0.1, 0.15) is 22.3 Å². The fourth-order valence-corrected chi connectivity index (χ4v) is 2.29. The Hall–Kier alpha value is -2.82. The lowest BCUT2D eigenvalue weighted by Gasteiger charge is -2.18. The summed E-state index contributed by atoms with van der Waals surface area (Å²) in [7, 11) is 3.10. The molecule has 0 heterocycles. The van der Waals surface area contributed by atoms with Crippen LogP contribution < -0.4 is 5.32 Å². The average molecular weight is 326 g/mol. The molecular weight excluding hydrogens is 304 g/mol. The highest BCUT2D eigenvalue weighted by atomic mass is 16.5. The maximum Gasteiger partial charge on any atom is 0.337 e. The van der Waals surface area contributed by atoms with Crippen molar-refractivity contribution in [2.24, 2.45) is 0 Å². The molecule has 1 N–H and O–H groups in total. The van der Waals surface area contributed by atoms with Gasteiger partial charge in [-0.15, -0.1) is 0 Å². The molecule has 2 amide bonds. The van der Waals surface area contributed by atoms with Crippen LogP contribution >= 0.6 is 0 Å². The van der Waals surface area contributed by atoms with E-state index in [0.29, 0.717) is 17.8 Å². The quantitative estimate of drug-likeness (QED) is 0.826. The molecule has 0 aliphatic rings. The maximum atomic E-state index is 12.2. The second-order valence-corrected chi connectivity index (χ2v) is 5.51. The smallest absolute Gasteiger partial charge is 0.337 e. The van der Waals surface area contributed by atoms with Gasteiger partial charge in [-0.1, -0.05) is 30.3 Å². The van der Waals surface area contributed by atoms with Gasteiger partial charge in [-0.25, -0.2) is 9.59 Å². The summed E-state index contributed by atoms with van der Waals surface area (Å²) in [6.45, 7) is 0.668. The standard InChI is InChI=1S/C19H22N2O3/c1-21(14-6-9-15-7-4-3-5-8-15)19(23)20-17-12-10-16(11-13-17)18(22)24-2/h3-5,7-8,10-13H,6,9,14H2,1-2H3,(H,20,23). The fourth-order valence-electron chi connectivity index (χ4n) is 2.29. The van der Waals surface area contributed by atoms with Gasteiger partial charge in [0.25, 0.3) is 0 Å². The third-order valence-electron chi connectivity index (χ3n) is 3.71. The van der Waals surface area contributed by atoms with Crippen LogP contribution in [0.5, 0.6) is 0 Å². The summed E-state index contributed by atoms with van der Waals surface area (Å²) in [6, 6.07) is 16.6. The Morgan fingerprint density at radius 3 is 2.33 bits per heavy atom. The molecule has 0 spiro atoms. The number of anilines is 1. The molecule has 0 aliphatic heterocycles. The molecule has 5 nitrogen and oxygen atoms in total. The highest BCUT2D eigenvalue weighted by molar-refractivity contribution is 5.92. The summed E-state index contributed by atoms with van der Waals surface area (Å²) >= 11 is 0. The van der Waals surface area contributed by atoms with Crippen LogP contribution in [0.4, 0.5) is 10.5 Å². The van der Waals surface area contributed by atoms with Gasteiger partial charge in [-0.3, -0.25) is 0 Å². The van der Waals surface area contributed by atoms with Crippen LogP contribution in [-0.2, 0) is 11.2 Å². The molecule has 0 unspecified atom stereocenters. The van der Waals surface area contributed by atoms with E-state index in [9.17, 15) is 9.59 Å². The number of benzene rings is 2. The predicted molar refractivity (Wildman–Crippen MR) is 94.2 cm³/mol. The van der Waals surface area contributed by atoms with E-state index in [-0.39, 0.29) is 6.03 Å². The van der Waals surface area contributed by atoms with E-state index in [2.05, 4.69) is 22.2 Å². The van der Waals surface area contributed by atoms with Gasteiger partial charge in [0.2, 0.25) is 0 Å². The van der Waals surface area contributed by atoms with Gasteiger partial charge in [-0.05, 0) is 42.7 Å². The average Bonchev–Trinajstić information content (AvgIpc) is 2.62. The minimum absolute atomic E-state index is 0.172. The van der Waals surface area contributed by atoms with E-state index in [1.165, 1.54) is 12.7 Å². The summed E-state index contributed by atoms with van der Waals surface area (Å²) in [5.41, 5.74) is 2.36. The number of hydrogen-bond donors (Lipinski definition) is 1. The van der Waals surface area contributed by atoms with Gasteiger partial charge in [0.15, 0.2) is 0 Å². The van der Waals surface area contributed by atoms with Crippen LogP contribution in [-0.4, -0.2) is 37.6 Å². The van der Waals surface area contributed by atoms with Crippen molar-refractivity contribution in [3.63, 3.8) is 0 Å². The van der Waals surface area contributed by atoms with Crippen LogP contribution in [0.2, 0.25) is 0 Å². The zero-order valence-electron chi connectivity index (χ0n) is 14.0. The predicted octanol–water partition coefficient (Wildman–Crippen LogP) is 3.57. The molecule has 126 valence electrons. The van der Waals surface area contributed by atoms with Crippen molar-refractivity contribution < 1.29 is 14.3 Å². The molecular formula is C19H22N2O3. The first-order valence-corrected chi connectivity index (χ1v) is 7.84. The van der Waals surface area contributed by atoms with Crippen LogP contribution in [0.3, 0.4) is 0 Å². The molecule has 0 bridgehead atoms. The number of nitrogens with one attached hydrogen (secondary N) is 1. The molecule has 0 aliphatic carbocycles. The van der Waals surface area contributed by atoms with Gasteiger partial charge in [0, 0.05) is 19.3 Å². The monoisotopic (exact) mass is 326 g/mol. The number of ether oxygens (including phenoxy) is 1. The van der Waals surface area contributed by atoms with Crippen molar-refractivity contribution in [3.8, 4) is 0 Å². The lowest BCUT2D eigenvalue weighted by atomic mass is 10.1. The molecule has 0 saturated carbocycles. The lowest BCUT2D eigenvalue weighted by molar-refractivity contribution is 0.0601. The molecule has 24 heavy (non-hydrogen) atoms. The van der Waals surface area contributed by atoms with Crippen molar-refractivity contribution >= 4 is 17.7 Å². The zero-order valence-corrected chi connectivity index (χ0v) is 14.0. The third-order valence-corrected chi connectivity index (χ3v) is 3.71. The van der Waals surface area contributed by atoms with Crippen molar-refractivity contribution in [1.82, 2.24) is 4.90 Å². The maximum absolute atomic E-state index is 12.2. The van der Waals surface area contributed by atoms with E-state index in [0.717, 1.165) is 12.8 Å². The topological polar surface area (TPSA) is 58.6 Å². The number of rotatable bonds is 6. The molecule has 0 saturated heterocycles. The Morgan fingerprint density at radius 2 is 1.71 bits per heavy atom. The van der Waals surface area contributed by atoms with Gasteiger partial charge in [0.05, 0.1) is 12.7 Å². The van der Waals surface area contributed by atoms with E-state index in [1.807, 2.05) is 18.2 Å². The molecule has 0 radical (unpaired) electrons. The summed E-state index contributed by atoms with van der Waals surface area (Å²) < 4.78 is 4.64. The SMILES string of the molecule is COC(=O)c1ccc(NC(=O)N(C)CCCc2ccccc2)cc1. The second kappa shape index (κ2) is 8.72. The Kier molecular flexibility index (Phi) is 6.37. The van der Waals surface area contributed by atoms with Gasteiger partial charge in [-0.2, -0.15) is 0 Å². The van der Waals surface area contributed by atoms with Crippen LogP contribution in [0, 0.1) is 0 Å². The first-order chi connectivity index (χ1) is 11.6. The number of aryl methyl sites for hydroxylation is 1. The van der Waals surface area contributed by atoms with E-state index < -0.39 is 5.97 Å². The molecule has 5 heteroatoms. The Labute approximate surface area is 142 Å². The molecule has 2 aromatic carbocycles. The van der Waals surface area contributed by atoms with Gasteiger partial charge < -0.3 is 15.0 Å². The molecule has 2 rings (SSSR count). The van der Waals surface area contributed by atoms with Gasteiger partial charge >= 0.3 is 12.0 Å². The van der Waals surface area contributed by atoms with Crippen LogP contribution in [0.15, 0.2) is 54.6 Å². The number of nitrogens with zero attached hydrogens (tertiary/aromatic N) is 1. The summed E-state index contributed by atoms with van der Waals surface area (Å²) in [6.07, 6.45) is 1.83. The second-order valence-electron chi connectivity index (χ2n) is 5.51. The largest absolute Gasteiger partial charge is 0.465 e. The summed E-state index contributed by atoms with van der Waals surface area (Å²) in [5.74, 6) is -0.397. The Balaban J connectivity index is 1.79. The third kappa shape index (κ3) is 5.12. The highest BCUT2D eigenvalue weighted by Gasteiger charge is 2.10. The Morgan fingerprint density at radius 1 is 1.04 bits per heavy atom. The minimum atomic E-state index is -0.397. The Bertz CT molecular complexity index is 669. The number of amides is 2. The minimum Gasteiger partial charge on any atom is -0.465 e. The summed E-state index contributed by atoms with van der Waals surface area (Å²) in [5, 5.41) is 2.81. The van der Waals surface area contributed by atoms with E-state index in [1.54, 1.807) is 36.2 Å². The van der Waals surface area contributed by atoms with Gasteiger partial charge in [0.1, 0.15) is 0 Å². The number of urea groups is 1. The van der Waals surface area contributed by atoms with E-state index >= 15 is 0 Å². The first kappa shape index (κ1) is 17.5. The molecule has 2 aromatic rings. The molecule has 0 aromatic heterocycles.